The molecule has 0 amide bonds. The second kappa shape index (κ2) is 4.20. The highest BCUT2D eigenvalue weighted by atomic mass is 16.5. The van der Waals surface area contributed by atoms with E-state index in [4.69, 9.17) is 9.84 Å². The van der Waals surface area contributed by atoms with Gasteiger partial charge in [-0.15, -0.1) is 0 Å². The zero-order valence-electron chi connectivity index (χ0n) is 7.30. The second-order valence-electron chi connectivity index (χ2n) is 2.86. The summed E-state index contributed by atoms with van der Waals surface area (Å²) in [6.07, 6.45) is 2.79. The largest absolute Gasteiger partial charge is 0.461 e. The van der Waals surface area contributed by atoms with E-state index < -0.39 is 12.2 Å². The van der Waals surface area contributed by atoms with Crippen molar-refractivity contribution in [3.8, 4) is 0 Å². The topological polar surface area (TPSA) is 66.8 Å². The van der Waals surface area contributed by atoms with Gasteiger partial charge >= 0.3 is 5.97 Å². The summed E-state index contributed by atoms with van der Waals surface area (Å²) >= 11 is 0. The Labute approximate surface area is 76.1 Å². The maximum Gasteiger partial charge on any atom is 0.302 e. The van der Waals surface area contributed by atoms with Gasteiger partial charge in [-0.2, -0.15) is 0 Å². The molecule has 0 fully saturated rings. The minimum atomic E-state index is -0.907. The molecule has 0 saturated carbocycles. The van der Waals surface area contributed by atoms with Crippen LogP contribution in [0.4, 0.5) is 0 Å². The minimum Gasteiger partial charge on any atom is -0.461 e. The molecule has 0 aromatic carbocycles. The van der Waals surface area contributed by atoms with E-state index >= 15 is 0 Å². The van der Waals surface area contributed by atoms with Crippen molar-refractivity contribution >= 4 is 5.97 Å². The third-order valence-electron chi connectivity index (χ3n) is 1.68. The fraction of sp³-hybridized carbons (Fsp3) is 0.444. The summed E-state index contributed by atoms with van der Waals surface area (Å²) in [5, 5.41) is 18.3. The van der Waals surface area contributed by atoms with Crippen molar-refractivity contribution in [2.24, 2.45) is 0 Å². The second-order valence-corrected chi connectivity index (χ2v) is 2.86. The number of carbonyl (C=O) groups is 1. The Kier molecular flexibility index (Phi) is 3.22. The summed E-state index contributed by atoms with van der Waals surface area (Å²) < 4.78 is 4.71. The van der Waals surface area contributed by atoms with Crippen LogP contribution in [0.1, 0.15) is 6.92 Å². The SMILES string of the molecule is CC(=O)OCC1=C[C@@H](O)[C@@H](O)C=C1. The number of rotatable bonds is 2. The summed E-state index contributed by atoms with van der Waals surface area (Å²) in [6, 6.07) is 0. The number of aliphatic hydroxyl groups is 2. The van der Waals surface area contributed by atoms with E-state index in [0.717, 1.165) is 0 Å². The molecule has 72 valence electrons. The first-order valence-electron chi connectivity index (χ1n) is 3.98. The van der Waals surface area contributed by atoms with Crippen molar-refractivity contribution in [2.75, 3.05) is 6.61 Å². The predicted octanol–water partition coefficient (Wildman–Crippen LogP) is -0.232. The van der Waals surface area contributed by atoms with Gasteiger partial charge in [0.1, 0.15) is 18.8 Å². The first-order valence-corrected chi connectivity index (χ1v) is 3.98. The van der Waals surface area contributed by atoms with Gasteiger partial charge in [0.15, 0.2) is 0 Å². The van der Waals surface area contributed by atoms with Crippen molar-refractivity contribution in [3.63, 3.8) is 0 Å². The van der Waals surface area contributed by atoms with Gasteiger partial charge in [-0.1, -0.05) is 12.2 Å². The van der Waals surface area contributed by atoms with Crippen LogP contribution in [-0.4, -0.2) is 35.0 Å². The van der Waals surface area contributed by atoms with E-state index in [0.29, 0.717) is 5.57 Å². The van der Waals surface area contributed by atoms with Gasteiger partial charge in [0.25, 0.3) is 0 Å². The Hall–Kier alpha value is -1.13. The van der Waals surface area contributed by atoms with Crippen LogP contribution in [0, 0.1) is 0 Å². The molecule has 4 nitrogen and oxygen atoms in total. The molecule has 1 rings (SSSR count). The van der Waals surface area contributed by atoms with Gasteiger partial charge < -0.3 is 14.9 Å². The molecular weight excluding hydrogens is 172 g/mol. The number of carbonyl (C=O) groups excluding carboxylic acids is 1. The van der Waals surface area contributed by atoms with Gasteiger partial charge in [0, 0.05) is 6.92 Å². The highest BCUT2D eigenvalue weighted by molar-refractivity contribution is 5.66. The lowest BCUT2D eigenvalue weighted by molar-refractivity contribution is -0.139. The summed E-state index contributed by atoms with van der Waals surface area (Å²) in [7, 11) is 0. The third-order valence-corrected chi connectivity index (χ3v) is 1.68. The number of hydrogen-bond donors (Lipinski definition) is 2. The van der Waals surface area contributed by atoms with E-state index in [1.54, 1.807) is 6.08 Å². The van der Waals surface area contributed by atoms with Crippen LogP contribution in [0.3, 0.4) is 0 Å². The molecule has 0 aliphatic heterocycles. The lowest BCUT2D eigenvalue weighted by Crippen LogP contribution is -2.24. The first kappa shape index (κ1) is 9.95. The number of esters is 1. The molecule has 0 heterocycles. The van der Waals surface area contributed by atoms with Crippen molar-refractivity contribution in [1.29, 1.82) is 0 Å². The summed E-state index contributed by atoms with van der Waals surface area (Å²) in [5.74, 6) is -0.366. The van der Waals surface area contributed by atoms with Gasteiger partial charge in [-0.25, -0.2) is 0 Å². The highest BCUT2D eigenvalue weighted by Crippen LogP contribution is 2.11. The summed E-state index contributed by atoms with van der Waals surface area (Å²) in [6.45, 7) is 1.45. The maximum absolute atomic E-state index is 10.4. The molecule has 0 bridgehead atoms. The van der Waals surface area contributed by atoms with E-state index in [-0.39, 0.29) is 12.6 Å². The number of hydrogen-bond acceptors (Lipinski definition) is 4. The van der Waals surface area contributed by atoms with Crippen molar-refractivity contribution in [3.05, 3.63) is 23.8 Å². The average Bonchev–Trinajstić information content (AvgIpc) is 2.07. The van der Waals surface area contributed by atoms with E-state index in [1.807, 2.05) is 0 Å². The number of aliphatic hydroxyl groups excluding tert-OH is 2. The van der Waals surface area contributed by atoms with Gasteiger partial charge in [0.2, 0.25) is 0 Å². The Morgan fingerprint density at radius 2 is 2.23 bits per heavy atom. The molecule has 1 aliphatic carbocycles. The Morgan fingerprint density at radius 1 is 1.54 bits per heavy atom. The van der Waals surface area contributed by atoms with Crippen molar-refractivity contribution in [1.82, 2.24) is 0 Å². The van der Waals surface area contributed by atoms with E-state index in [2.05, 4.69) is 0 Å². The van der Waals surface area contributed by atoms with Crippen LogP contribution in [0.5, 0.6) is 0 Å². The summed E-state index contributed by atoms with van der Waals surface area (Å²) in [4.78, 5) is 10.4. The molecule has 4 heteroatoms. The third kappa shape index (κ3) is 3.01. The van der Waals surface area contributed by atoms with E-state index in [1.165, 1.54) is 19.1 Å². The van der Waals surface area contributed by atoms with Crippen molar-refractivity contribution < 1.29 is 19.7 Å². The monoisotopic (exact) mass is 184 g/mol. The van der Waals surface area contributed by atoms with Crippen LogP contribution < -0.4 is 0 Å². The quantitative estimate of drug-likeness (QED) is 0.582. The molecule has 13 heavy (non-hydrogen) atoms. The lowest BCUT2D eigenvalue weighted by atomic mass is 10.0. The molecule has 0 aromatic heterocycles. The fourth-order valence-corrected chi connectivity index (χ4v) is 0.991. The summed E-state index contributed by atoms with van der Waals surface area (Å²) in [5.41, 5.74) is 0.688. The standard InChI is InChI=1S/C9H12O4/c1-6(10)13-5-7-2-3-8(11)9(12)4-7/h2-4,8-9,11-12H,5H2,1H3/t8-,9+/m0/s1. The van der Waals surface area contributed by atoms with Crippen LogP contribution in [0.2, 0.25) is 0 Å². The predicted molar refractivity (Wildman–Crippen MR) is 45.9 cm³/mol. The molecular formula is C9H12O4. The van der Waals surface area contributed by atoms with E-state index in [9.17, 15) is 9.90 Å². The molecule has 1 aliphatic rings. The van der Waals surface area contributed by atoms with Crippen LogP contribution in [-0.2, 0) is 9.53 Å². The number of ether oxygens (including phenoxy) is 1. The molecule has 2 N–H and O–H groups in total. The Bertz CT molecular complexity index is 254. The minimum absolute atomic E-state index is 0.135. The van der Waals surface area contributed by atoms with Gasteiger partial charge in [-0.3, -0.25) is 4.79 Å². The van der Waals surface area contributed by atoms with Gasteiger partial charge in [-0.05, 0) is 11.6 Å². The molecule has 0 aromatic rings. The zero-order chi connectivity index (χ0) is 9.84. The lowest BCUT2D eigenvalue weighted by Gasteiger charge is -2.16. The Morgan fingerprint density at radius 3 is 2.77 bits per heavy atom. The van der Waals surface area contributed by atoms with Crippen LogP contribution in [0.25, 0.3) is 0 Å². The molecule has 0 saturated heterocycles. The molecule has 0 radical (unpaired) electrons. The molecule has 0 unspecified atom stereocenters. The smallest absolute Gasteiger partial charge is 0.302 e. The molecule has 0 spiro atoms. The molecule has 2 atom stereocenters. The Balaban J connectivity index is 2.48. The van der Waals surface area contributed by atoms with Crippen molar-refractivity contribution in [2.45, 2.75) is 19.1 Å². The van der Waals surface area contributed by atoms with Gasteiger partial charge in [0.05, 0.1) is 0 Å². The zero-order valence-corrected chi connectivity index (χ0v) is 7.30. The average molecular weight is 184 g/mol. The van der Waals surface area contributed by atoms with Crippen LogP contribution in [0.15, 0.2) is 23.8 Å². The highest BCUT2D eigenvalue weighted by Gasteiger charge is 2.15. The van der Waals surface area contributed by atoms with Crippen LogP contribution >= 0.6 is 0 Å². The first-order chi connectivity index (χ1) is 6.09. The maximum atomic E-state index is 10.4. The fourth-order valence-electron chi connectivity index (χ4n) is 0.991. The normalized spacial score (nSPS) is 26.8.